The highest BCUT2D eigenvalue weighted by molar-refractivity contribution is 7.08. The Kier molecular flexibility index (Phi) is 3.29. The predicted octanol–water partition coefficient (Wildman–Crippen LogP) is 1.16. The summed E-state index contributed by atoms with van der Waals surface area (Å²) in [6.45, 7) is 3.40. The molecule has 94 valence electrons. The second-order valence-corrected chi connectivity index (χ2v) is 4.78. The Morgan fingerprint density at radius 2 is 2.11 bits per heavy atom. The molecule has 0 amide bonds. The van der Waals surface area contributed by atoms with E-state index in [9.17, 15) is 14.4 Å². The summed E-state index contributed by atoms with van der Waals surface area (Å²) >= 11 is 1.51. The van der Waals surface area contributed by atoms with Gasteiger partial charge in [0, 0.05) is 6.20 Å². The van der Waals surface area contributed by atoms with Gasteiger partial charge < -0.3 is 4.98 Å². The maximum absolute atomic E-state index is 12.0. The number of ketones is 1. The van der Waals surface area contributed by atoms with Crippen molar-refractivity contribution >= 4 is 17.1 Å². The van der Waals surface area contributed by atoms with Gasteiger partial charge in [-0.2, -0.15) is 11.3 Å². The molecule has 0 saturated heterocycles. The van der Waals surface area contributed by atoms with E-state index >= 15 is 0 Å². The number of carbonyl (C=O) groups excluding carboxylic acids is 1. The molecule has 0 aliphatic rings. The van der Waals surface area contributed by atoms with Crippen molar-refractivity contribution in [2.45, 2.75) is 20.4 Å². The van der Waals surface area contributed by atoms with Crippen LogP contribution in [0.2, 0.25) is 0 Å². The highest BCUT2D eigenvalue weighted by Crippen LogP contribution is 2.13. The molecule has 0 bridgehead atoms. The van der Waals surface area contributed by atoms with Gasteiger partial charge in [-0.25, -0.2) is 4.79 Å². The van der Waals surface area contributed by atoms with Gasteiger partial charge in [0.1, 0.15) is 0 Å². The molecule has 0 aliphatic carbocycles. The molecule has 2 aromatic rings. The Hall–Kier alpha value is -1.95. The number of carbonyl (C=O) groups is 1. The molecule has 18 heavy (non-hydrogen) atoms. The fourth-order valence-electron chi connectivity index (χ4n) is 1.63. The SMILES string of the molecule is CC(=O)c1c[nH]c(=O)n(Cc2cscc2C)c1=O. The van der Waals surface area contributed by atoms with Crippen molar-refractivity contribution in [3.8, 4) is 0 Å². The predicted molar refractivity (Wildman–Crippen MR) is 69.5 cm³/mol. The van der Waals surface area contributed by atoms with Crippen LogP contribution in [0.4, 0.5) is 0 Å². The van der Waals surface area contributed by atoms with E-state index in [-0.39, 0.29) is 17.9 Å². The fraction of sp³-hybridized carbons (Fsp3) is 0.250. The molecule has 5 nitrogen and oxygen atoms in total. The molecule has 2 heterocycles. The van der Waals surface area contributed by atoms with E-state index in [1.54, 1.807) is 0 Å². The summed E-state index contributed by atoms with van der Waals surface area (Å²) in [6.07, 6.45) is 1.17. The second-order valence-electron chi connectivity index (χ2n) is 4.04. The zero-order valence-electron chi connectivity index (χ0n) is 10.0. The first-order valence-electron chi connectivity index (χ1n) is 5.36. The first-order valence-corrected chi connectivity index (χ1v) is 6.30. The Morgan fingerprint density at radius 1 is 1.39 bits per heavy atom. The minimum Gasteiger partial charge on any atom is -0.313 e. The third-order valence-corrected chi connectivity index (χ3v) is 3.64. The van der Waals surface area contributed by atoms with E-state index in [1.807, 2.05) is 17.7 Å². The summed E-state index contributed by atoms with van der Waals surface area (Å²) in [7, 11) is 0. The molecule has 0 atom stereocenters. The largest absolute Gasteiger partial charge is 0.328 e. The van der Waals surface area contributed by atoms with Crippen LogP contribution in [0.1, 0.15) is 28.4 Å². The van der Waals surface area contributed by atoms with Gasteiger partial charge in [-0.1, -0.05) is 0 Å². The number of H-pyrrole nitrogens is 1. The van der Waals surface area contributed by atoms with Gasteiger partial charge in [0.15, 0.2) is 5.78 Å². The average molecular weight is 264 g/mol. The summed E-state index contributed by atoms with van der Waals surface area (Å²) in [5.41, 5.74) is 0.891. The summed E-state index contributed by atoms with van der Waals surface area (Å²) in [6, 6.07) is 0. The van der Waals surface area contributed by atoms with Gasteiger partial charge >= 0.3 is 5.69 Å². The standard InChI is InChI=1S/C12H12N2O3S/c1-7-5-18-6-9(7)4-14-11(16)10(8(2)15)3-13-12(14)17/h3,5-6H,4H2,1-2H3,(H,13,17). The van der Waals surface area contributed by atoms with Crippen LogP contribution >= 0.6 is 11.3 Å². The van der Waals surface area contributed by atoms with Crippen molar-refractivity contribution in [2.75, 3.05) is 0 Å². The van der Waals surface area contributed by atoms with Gasteiger partial charge in [-0.15, -0.1) is 0 Å². The number of nitrogens with zero attached hydrogens (tertiary/aromatic N) is 1. The lowest BCUT2D eigenvalue weighted by atomic mass is 10.2. The van der Waals surface area contributed by atoms with Crippen LogP contribution < -0.4 is 11.2 Å². The topological polar surface area (TPSA) is 71.9 Å². The molecule has 1 N–H and O–H groups in total. The minimum atomic E-state index is -0.545. The number of hydrogen-bond donors (Lipinski definition) is 1. The zero-order chi connectivity index (χ0) is 13.3. The molecule has 0 spiro atoms. The molecule has 0 radical (unpaired) electrons. The third kappa shape index (κ3) is 2.19. The van der Waals surface area contributed by atoms with Crippen LogP contribution in [-0.4, -0.2) is 15.3 Å². The molecule has 0 fully saturated rings. The van der Waals surface area contributed by atoms with Crippen molar-refractivity contribution in [2.24, 2.45) is 0 Å². The van der Waals surface area contributed by atoms with E-state index in [1.165, 1.54) is 24.5 Å². The number of nitrogens with one attached hydrogen (secondary N) is 1. The van der Waals surface area contributed by atoms with Crippen LogP contribution in [0, 0.1) is 6.92 Å². The van der Waals surface area contributed by atoms with Crippen molar-refractivity contribution in [1.82, 2.24) is 9.55 Å². The smallest absolute Gasteiger partial charge is 0.313 e. The Morgan fingerprint density at radius 3 is 2.67 bits per heavy atom. The monoisotopic (exact) mass is 264 g/mol. The van der Waals surface area contributed by atoms with Crippen LogP contribution in [0.15, 0.2) is 26.5 Å². The molecule has 0 aromatic carbocycles. The Balaban J connectivity index is 2.55. The quantitative estimate of drug-likeness (QED) is 0.845. The van der Waals surface area contributed by atoms with E-state index in [2.05, 4.69) is 4.98 Å². The Bertz CT molecular complexity index is 709. The maximum Gasteiger partial charge on any atom is 0.328 e. The number of Topliss-reactive ketones (excluding diaryl/α,β-unsaturated/α-hetero) is 1. The molecular weight excluding hydrogens is 252 g/mol. The number of aromatic nitrogens is 2. The molecule has 2 rings (SSSR count). The lowest BCUT2D eigenvalue weighted by Crippen LogP contribution is -2.38. The van der Waals surface area contributed by atoms with Crippen molar-refractivity contribution in [1.29, 1.82) is 0 Å². The Labute approximate surface area is 107 Å². The molecular formula is C12H12N2O3S. The molecule has 0 unspecified atom stereocenters. The summed E-state index contributed by atoms with van der Waals surface area (Å²) in [4.78, 5) is 37.3. The molecule has 0 aliphatic heterocycles. The number of thiophene rings is 1. The molecule has 6 heteroatoms. The van der Waals surface area contributed by atoms with Gasteiger partial charge in [-0.05, 0) is 35.7 Å². The fourth-order valence-corrected chi connectivity index (χ4v) is 2.47. The number of aromatic amines is 1. The number of aryl methyl sites for hydroxylation is 1. The van der Waals surface area contributed by atoms with Crippen LogP contribution in [-0.2, 0) is 6.54 Å². The minimum absolute atomic E-state index is 0.00230. The maximum atomic E-state index is 12.0. The van der Waals surface area contributed by atoms with Crippen molar-refractivity contribution < 1.29 is 4.79 Å². The second kappa shape index (κ2) is 4.73. The van der Waals surface area contributed by atoms with Gasteiger partial charge in [0.05, 0.1) is 12.1 Å². The first-order chi connectivity index (χ1) is 8.50. The third-order valence-electron chi connectivity index (χ3n) is 2.73. The lowest BCUT2D eigenvalue weighted by Gasteiger charge is -2.05. The van der Waals surface area contributed by atoms with Gasteiger partial charge in [0.25, 0.3) is 5.56 Å². The summed E-state index contributed by atoms with van der Waals surface area (Å²) < 4.78 is 1.05. The summed E-state index contributed by atoms with van der Waals surface area (Å²) in [5, 5.41) is 3.84. The summed E-state index contributed by atoms with van der Waals surface area (Å²) in [5.74, 6) is -0.355. The zero-order valence-corrected chi connectivity index (χ0v) is 10.8. The van der Waals surface area contributed by atoms with Gasteiger partial charge in [0.2, 0.25) is 0 Å². The van der Waals surface area contributed by atoms with Crippen LogP contribution in [0.3, 0.4) is 0 Å². The van der Waals surface area contributed by atoms with Gasteiger partial charge in [-0.3, -0.25) is 14.2 Å². The molecule has 0 saturated carbocycles. The van der Waals surface area contributed by atoms with E-state index in [0.717, 1.165) is 15.7 Å². The van der Waals surface area contributed by atoms with Crippen molar-refractivity contribution in [3.63, 3.8) is 0 Å². The number of rotatable bonds is 3. The van der Waals surface area contributed by atoms with Crippen molar-refractivity contribution in [3.05, 3.63) is 54.5 Å². The lowest BCUT2D eigenvalue weighted by molar-refractivity contribution is 0.101. The average Bonchev–Trinajstić information content (AvgIpc) is 2.69. The van der Waals surface area contributed by atoms with Crippen LogP contribution in [0.25, 0.3) is 0 Å². The number of hydrogen-bond acceptors (Lipinski definition) is 4. The van der Waals surface area contributed by atoms with Crippen LogP contribution in [0.5, 0.6) is 0 Å². The van der Waals surface area contributed by atoms with E-state index < -0.39 is 11.2 Å². The van der Waals surface area contributed by atoms with E-state index in [4.69, 9.17) is 0 Å². The highest BCUT2D eigenvalue weighted by atomic mass is 32.1. The highest BCUT2D eigenvalue weighted by Gasteiger charge is 2.12. The molecule has 2 aromatic heterocycles. The van der Waals surface area contributed by atoms with E-state index in [0.29, 0.717) is 0 Å². The first kappa shape index (κ1) is 12.5. The normalized spacial score (nSPS) is 10.6.